The number of benzene rings is 2. The van der Waals surface area contributed by atoms with E-state index in [4.69, 9.17) is 16.3 Å². The molecule has 0 N–H and O–H groups in total. The largest absolute Gasteiger partial charge is 0.367 e. The van der Waals surface area contributed by atoms with Crippen LogP contribution in [0, 0.1) is 17.0 Å². The summed E-state index contributed by atoms with van der Waals surface area (Å²) < 4.78 is 34.1. The smallest absolute Gasteiger partial charge is 0.228 e. The fourth-order valence-electron chi connectivity index (χ4n) is 3.63. The fraction of sp³-hybridized carbons (Fsp3) is 0.458. The van der Waals surface area contributed by atoms with Gasteiger partial charge in [-0.2, -0.15) is 0 Å². The number of piperazine rings is 1. The lowest BCUT2D eigenvalue weighted by atomic mass is 9.94. The van der Waals surface area contributed by atoms with Gasteiger partial charge in [-0.1, -0.05) is 50.6 Å². The molecule has 1 amide bonds. The molecule has 0 aromatic heterocycles. The van der Waals surface area contributed by atoms with Gasteiger partial charge in [-0.15, -0.1) is 0 Å². The Morgan fingerprint density at radius 1 is 1.03 bits per heavy atom. The second-order valence-electron chi connectivity index (χ2n) is 8.89. The van der Waals surface area contributed by atoms with Crippen LogP contribution < -0.4 is 0 Å². The molecule has 2 aromatic carbocycles. The zero-order valence-corrected chi connectivity index (χ0v) is 19.0. The molecule has 168 valence electrons. The minimum atomic E-state index is -0.621. The standard InChI is InChI=1S/C24H29ClF2N2O2/c1-24(2,3)23(30)29-13-11-28(12-14-29)15-22(17-7-9-18(25)10-8-17)31-16-19-20(26)5-4-6-21(19)27/h4-10,22H,11-16H2,1-3H3. The normalized spacial score (nSPS) is 16.4. The predicted octanol–water partition coefficient (Wildman–Crippen LogP) is 5.07. The van der Waals surface area contributed by atoms with Gasteiger partial charge in [0.2, 0.25) is 5.91 Å². The van der Waals surface area contributed by atoms with Crippen LogP contribution in [-0.4, -0.2) is 48.4 Å². The van der Waals surface area contributed by atoms with E-state index in [-0.39, 0.29) is 24.2 Å². The maximum atomic E-state index is 14.0. The maximum absolute atomic E-state index is 14.0. The van der Waals surface area contributed by atoms with Gasteiger partial charge >= 0.3 is 0 Å². The number of hydrogen-bond acceptors (Lipinski definition) is 3. The summed E-state index contributed by atoms with van der Waals surface area (Å²) in [6, 6.07) is 11.1. The molecule has 0 bridgehead atoms. The topological polar surface area (TPSA) is 32.8 Å². The van der Waals surface area contributed by atoms with Crippen molar-refractivity contribution in [2.45, 2.75) is 33.5 Å². The highest BCUT2D eigenvalue weighted by molar-refractivity contribution is 6.30. The Balaban J connectivity index is 1.68. The Morgan fingerprint density at radius 2 is 1.61 bits per heavy atom. The first kappa shape index (κ1) is 23.6. The molecule has 1 atom stereocenters. The number of ether oxygens (including phenoxy) is 1. The Bertz CT molecular complexity index is 871. The van der Waals surface area contributed by atoms with E-state index in [0.717, 1.165) is 5.56 Å². The van der Waals surface area contributed by atoms with E-state index < -0.39 is 17.0 Å². The highest BCUT2D eigenvalue weighted by Gasteiger charge is 2.30. The lowest BCUT2D eigenvalue weighted by molar-refractivity contribution is -0.141. The van der Waals surface area contributed by atoms with Crippen LogP contribution in [0.15, 0.2) is 42.5 Å². The summed E-state index contributed by atoms with van der Waals surface area (Å²) in [5.74, 6) is -1.10. The molecule has 1 saturated heterocycles. The Kier molecular flexibility index (Phi) is 7.68. The molecular formula is C24H29ClF2N2O2. The van der Waals surface area contributed by atoms with Crippen LogP contribution in [-0.2, 0) is 16.1 Å². The van der Waals surface area contributed by atoms with Gasteiger partial charge < -0.3 is 9.64 Å². The molecule has 1 aliphatic rings. The SMILES string of the molecule is CC(C)(C)C(=O)N1CCN(CC(OCc2c(F)cccc2F)c2ccc(Cl)cc2)CC1. The van der Waals surface area contributed by atoms with Crippen LogP contribution in [0.25, 0.3) is 0 Å². The number of carbonyl (C=O) groups excluding carboxylic acids is 1. The average molecular weight is 451 g/mol. The molecule has 0 spiro atoms. The van der Waals surface area contributed by atoms with Gasteiger partial charge in [0.15, 0.2) is 0 Å². The van der Waals surface area contributed by atoms with E-state index in [0.29, 0.717) is 37.7 Å². The van der Waals surface area contributed by atoms with Crippen LogP contribution >= 0.6 is 11.6 Å². The predicted molar refractivity (Wildman–Crippen MR) is 118 cm³/mol. The zero-order chi connectivity index (χ0) is 22.6. The third kappa shape index (κ3) is 6.25. The highest BCUT2D eigenvalue weighted by Crippen LogP contribution is 2.25. The number of nitrogens with zero attached hydrogens (tertiary/aromatic N) is 2. The number of carbonyl (C=O) groups is 1. The van der Waals surface area contributed by atoms with Crippen molar-refractivity contribution in [3.8, 4) is 0 Å². The van der Waals surface area contributed by atoms with E-state index in [2.05, 4.69) is 4.90 Å². The molecule has 0 saturated carbocycles. The first-order valence-electron chi connectivity index (χ1n) is 10.5. The molecule has 2 aromatic rings. The lowest BCUT2D eigenvalue weighted by Gasteiger charge is -2.38. The van der Waals surface area contributed by atoms with Crippen molar-refractivity contribution >= 4 is 17.5 Å². The van der Waals surface area contributed by atoms with Crippen LogP contribution in [0.4, 0.5) is 8.78 Å². The molecule has 4 nitrogen and oxygen atoms in total. The summed E-state index contributed by atoms with van der Waals surface area (Å²) >= 11 is 6.02. The molecule has 0 aliphatic carbocycles. The Morgan fingerprint density at radius 3 is 2.16 bits per heavy atom. The second kappa shape index (κ2) is 10.1. The highest BCUT2D eigenvalue weighted by atomic mass is 35.5. The first-order valence-corrected chi connectivity index (χ1v) is 10.8. The number of rotatable bonds is 6. The van der Waals surface area contributed by atoms with Gasteiger partial charge in [0.05, 0.1) is 12.7 Å². The molecule has 31 heavy (non-hydrogen) atoms. The second-order valence-corrected chi connectivity index (χ2v) is 9.33. The first-order chi connectivity index (χ1) is 14.6. The Hall–Kier alpha value is -2.02. The van der Waals surface area contributed by atoms with E-state index in [1.54, 1.807) is 12.1 Å². The molecule has 3 rings (SSSR count). The monoisotopic (exact) mass is 450 g/mol. The van der Waals surface area contributed by atoms with Crippen molar-refractivity contribution in [3.63, 3.8) is 0 Å². The van der Waals surface area contributed by atoms with Gasteiger partial charge in [0.25, 0.3) is 0 Å². The van der Waals surface area contributed by atoms with E-state index in [1.165, 1.54) is 18.2 Å². The van der Waals surface area contributed by atoms with Crippen molar-refractivity contribution < 1.29 is 18.3 Å². The number of halogens is 3. The summed E-state index contributed by atoms with van der Waals surface area (Å²) in [5.41, 5.74) is 0.400. The van der Waals surface area contributed by atoms with Crippen LogP contribution in [0.5, 0.6) is 0 Å². The minimum absolute atomic E-state index is 0.0814. The Labute approximate surface area is 187 Å². The van der Waals surface area contributed by atoms with Crippen molar-refractivity contribution in [2.24, 2.45) is 5.41 Å². The summed E-state index contributed by atoms with van der Waals surface area (Å²) in [5, 5.41) is 0.608. The number of amides is 1. The molecule has 0 radical (unpaired) electrons. The van der Waals surface area contributed by atoms with Gasteiger partial charge in [0, 0.05) is 48.7 Å². The van der Waals surface area contributed by atoms with Crippen LogP contribution in [0.2, 0.25) is 5.02 Å². The molecule has 1 aliphatic heterocycles. The van der Waals surface area contributed by atoms with E-state index >= 15 is 0 Å². The summed E-state index contributed by atoms with van der Waals surface area (Å²) in [6.45, 7) is 8.86. The third-order valence-electron chi connectivity index (χ3n) is 5.46. The molecule has 7 heteroatoms. The number of hydrogen-bond donors (Lipinski definition) is 0. The van der Waals surface area contributed by atoms with E-state index in [1.807, 2.05) is 37.8 Å². The van der Waals surface area contributed by atoms with E-state index in [9.17, 15) is 13.6 Å². The maximum Gasteiger partial charge on any atom is 0.228 e. The zero-order valence-electron chi connectivity index (χ0n) is 18.2. The third-order valence-corrected chi connectivity index (χ3v) is 5.71. The minimum Gasteiger partial charge on any atom is -0.367 e. The van der Waals surface area contributed by atoms with Crippen LogP contribution in [0.3, 0.4) is 0 Å². The van der Waals surface area contributed by atoms with Gasteiger partial charge in [-0.05, 0) is 29.8 Å². The van der Waals surface area contributed by atoms with Gasteiger partial charge in [-0.3, -0.25) is 9.69 Å². The fourth-order valence-corrected chi connectivity index (χ4v) is 3.75. The molecule has 1 fully saturated rings. The quantitative estimate of drug-likeness (QED) is 0.616. The van der Waals surface area contributed by atoms with Crippen molar-refractivity contribution in [1.29, 1.82) is 0 Å². The summed E-state index contributed by atoms with van der Waals surface area (Å²) in [6.07, 6.45) is -0.388. The van der Waals surface area contributed by atoms with Crippen molar-refractivity contribution in [3.05, 3.63) is 70.2 Å². The molecule has 1 heterocycles. The average Bonchev–Trinajstić information content (AvgIpc) is 2.72. The van der Waals surface area contributed by atoms with Crippen LogP contribution in [0.1, 0.15) is 38.0 Å². The van der Waals surface area contributed by atoms with Gasteiger partial charge in [0.1, 0.15) is 11.6 Å². The summed E-state index contributed by atoms with van der Waals surface area (Å²) in [4.78, 5) is 16.6. The molecular weight excluding hydrogens is 422 g/mol. The summed E-state index contributed by atoms with van der Waals surface area (Å²) in [7, 11) is 0. The van der Waals surface area contributed by atoms with Crippen molar-refractivity contribution in [1.82, 2.24) is 9.80 Å². The van der Waals surface area contributed by atoms with Gasteiger partial charge in [-0.25, -0.2) is 8.78 Å². The van der Waals surface area contributed by atoms with Crippen molar-refractivity contribution in [2.75, 3.05) is 32.7 Å². The molecule has 1 unspecified atom stereocenters. The lowest BCUT2D eigenvalue weighted by Crippen LogP contribution is -2.52.